The number of nitrogen functional groups attached to an aromatic ring is 1. The van der Waals surface area contributed by atoms with Crippen LogP contribution in [0.2, 0.25) is 5.02 Å². The van der Waals surface area contributed by atoms with Crippen LogP contribution in [0.1, 0.15) is 11.1 Å². The molecular formula is C15H17ClN2. The Labute approximate surface area is 113 Å². The van der Waals surface area contributed by atoms with E-state index in [1.165, 1.54) is 11.1 Å². The van der Waals surface area contributed by atoms with E-state index in [9.17, 15) is 0 Å². The zero-order valence-electron chi connectivity index (χ0n) is 10.7. The van der Waals surface area contributed by atoms with Crippen molar-refractivity contribution in [1.82, 2.24) is 0 Å². The molecule has 0 unspecified atom stereocenters. The molecule has 0 aliphatic carbocycles. The Balaban J connectivity index is 2.28. The van der Waals surface area contributed by atoms with Gasteiger partial charge in [0, 0.05) is 13.6 Å². The van der Waals surface area contributed by atoms with Crippen LogP contribution in [0, 0.1) is 6.92 Å². The van der Waals surface area contributed by atoms with E-state index in [1.807, 2.05) is 37.4 Å². The van der Waals surface area contributed by atoms with Crippen molar-refractivity contribution in [2.45, 2.75) is 13.5 Å². The van der Waals surface area contributed by atoms with Crippen LogP contribution < -0.4 is 10.6 Å². The van der Waals surface area contributed by atoms with Crippen LogP contribution in [-0.2, 0) is 6.54 Å². The molecule has 0 aromatic heterocycles. The van der Waals surface area contributed by atoms with Gasteiger partial charge in [0.15, 0.2) is 0 Å². The first kappa shape index (κ1) is 12.8. The lowest BCUT2D eigenvalue weighted by molar-refractivity contribution is 0.916. The second-order valence-corrected chi connectivity index (χ2v) is 4.87. The van der Waals surface area contributed by atoms with E-state index in [1.54, 1.807) is 0 Å². The molecule has 0 amide bonds. The van der Waals surface area contributed by atoms with E-state index >= 15 is 0 Å². The van der Waals surface area contributed by atoms with Crippen molar-refractivity contribution >= 4 is 23.0 Å². The summed E-state index contributed by atoms with van der Waals surface area (Å²) >= 11 is 6.21. The molecule has 0 fully saturated rings. The molecule has 0 spiro atoms. The Bertz CT molecular complexity index is 532. The van der Waals surface area contributed by atoms with Crippen LogP contribution in [0.5, 0.6) is 0 Å². The fourth-order valence-electron chi connectivity index (χ4n) is 2.06. The van der Waals surface area contributed by atoms with Crippen molar-refractivity contribution in [2.75, 3.05) is 17.7 Å². The first-order valence-electron chi connectivity index (χ1n) is 5.89. The smallest absolute Gasteiger partial charge is 0.0789 e. The topological polar surface area (TPSA) is 29.3 Å². The Morgan fingerprint density at radius 2 is 1.83 bits per heavy atom. The molecule has 0 bridgehead atoms. The zero-order valence-corrected chi connectivity index (χ0v) is 11.4. The molecule has 2 N–H and O–H groups in total. The Morgan fingerprint density at radius 3 is 2.50 bits per heavy atom. The summed E-state index contributed by atoms with van der Waals surface area (Å²) in [6.07, 6.45) is 0. The van der Waals surface area contributed by atoms with Crippen molar-refractivity contribution in [3.05, 3.63) is 58.6 Å². The highest BCUT2D eigenvalue weighted by atomic mass is 35.5. The third-order valence-electron chi connectivity index (χ3n) is 3.07. The molecular weight excluding hydrogens is 244 g/mol. The monoisotopic (exact) mass is 260 g/mol. The van der Waals surface area contributed by atoms with E-state index in [4.69, 9.17) is 17.3 Å². The van der Waals surface area contributed by atoms with Crippen LogP contribution in [0.4, 0.5) is 11.4 Å². The molecule has 2 rings (SSSR count). The molecule has 0 atom stereocenters. The van der Waals surface area contributed by atoms with Gasteiger partial charge in [-0.2, -0.15) is 0 Å². The van der Waals surface area contributed by atoms with Crippen LogP contribution in [-0.4, -0.2) is 7.05 Å². The summed E-state index contributed by atoms with van der Waals surface area (Å²) in [6.45, 7) is 2.90. The molecule has 2 nitrogen and oxygen atoms in total. The minimum Gasteiger partial charge on any atom is -0.397 e. The van der Waals surface area contributed by atoms with E-state index < -0.39 is 0 Å². The number of nitrogens with two attached hydrogens (primary N) is 1. The van der Waals surface area contributed by atoms with Gasteiger partial charge in [-0.3, -0.25) is 0 Å². The number of para-hydroxylation sites is 1. The maximum Gasteiger partial charge on any atom is 0.0789 e. The average molecular weight is 261 g/mol. The van der Waals surface area contributed by atoms with Crippen LogP contribution in [0.25, 0.3) is 0 Å². The summed E-state index contributed by atoms with van der Waals surface area (Å²) < 4.78 is 0. The molecule has 2 aromatic carbocycles. The van der Waals surface area contributed by atoms with Gasteiger partial charge in [0.25, 0.3) is 0 Å². The van der Waals surface area contributed by atoms with Crippen molar-refractivity contribution in [2.24, 2.45) is 0 Å². The van der Waals surface area contributed by atoms with E-state index in [2.05, 4.69) is 24.0 Å². The van der Waals surface area contributed by atoms with Crippen LogP contribution >= 0.6 is 11.6 Å². The number of rotatable bonds is 3. The summed E-state index contributed by atoms with van der Waals surface area (Å²) in [5.41, 5.74) is 10.1. The van der Waals surface area contributed by atoms with Gasteiger partial charge in [-0.15, -0.1) is 0 Å². The summed E-state index contributed by atoms with van der Waals surface area (Å²) in [6, 6.07) is 13.9. The van der Waals surface area contributed by atoms with Gasteiger partial charge in [0.1, 0.15) is 0 Å². The standard InChI is InChI=1S/C15H17ClN2/c1-11-6-3-4-7-12(11)10-18(2)15-13(16)8-5-9-14(15)17/h3-9H,10,17H2,1-2H3. The number of hydrogen-bond acceptors (Lipinski definition) is 2. The van der Waals surface area contributed by atoms with Gasteiger partial charge in [-0.05, 0) is 30.2 Å². The average Bonchev–Trinajstić information content (AvgIpc) is 2.32. The fourth-order valence-corrected chi connectivity index (χ4v) is 2.38. The predicted octanol–water partition coefficient (Wildman–Crippen LogP) is 3.87. The first-order chi connectivity index (χ1) is 8.59. The third-order valence-corrected chi connectivity index (χ3v) is 3.37. The molecule has 0 saturated heterocycles. The summed E-state index contributed by atoms with van der Waals surface area (Å²) in [5, 5.41) is 0.686. The van der Waals surface area contributed by atoms with E-state index in [0.29, 0.717) is 10.7 Å². The number of halogens is 1. The second-order valence-electron chi connectivity index (χ2n) is 4.46. The largest absolute Gasteiger partial charge is 0.397 e. The number of aryl methyl sites for hydroxylation is 1. The highest BCUT2D eigenvalue weighted by molar-refractivity contribution is 6.33. The molecule has 0 aliphatic heterocycles. The van der Waals surface area contributed by atoms with Crippen molar-refractivity contribution < 1.29 is 0 Å². The van der Waals surface area contributed by atoms with Gasteiger partial charge in [-0.1, -0.05) is 41.9 Å². The number of nitrogens with zero attached hydrogens (tertiary/aromatic N) is 1. The molecule has 0 saturated carbocycles. The molecule has 0 heterocycles. The fraction of sp³-hybridized carbons (Fsp3) is 0.200. The van der Waals surface area contributed by atoms with Gasteiger partial charge >= 0.3 is 0 Å². The molecule has 0 aliphatic rings. The van der Waals surface area contributed by atoms with Crippen molar-refractivity contribution in [3.8, 4) is 0 Å². The van der Waals surface area contributed by atoms with Crippen molar-refractivity contribution in [3.63, 3.8) is 0 Å². The quantitative estimate of drug-likeness (QED) is 0.849. The van der Waals surface area contributed by atoms with Gasteiger partial charge in [0.2, 0.25) is 0 Å². The third kappa shape index (κ3) is 2.59. The van der Waals surface area contributed by atoms with Crippen molar-refractivity contribution in [1.29, 1.82) is 0 Å². The number of benzene rings is 2. The van der Waals surface area contributed by atoms with Crippen LogP contribution in [0.15, 0.2) is 42.5 Å². The normalized spacial score (nSPS) is 10.4. The second kappa shape index (κ2) is 5.32. The number of anilines is 2. The zero-order chi connectivity index (χ0) is 13.1. The maximum absolute atomic E-state index is 6.21. The Morgan fingerprint density at radius 1 is 1.11 bits per heavy atom. The Hall–Kier alpha value is -1.67. The van der Waals surface area contributed by atoms with E-state index in [0.717, 1.165) is 12.2 Å². The van der Waals surface area contributed by atoms with E-state index in [-0.39, 0.29) is 0 Å². The molecule has 18 heavy (non-hydrogen) atoms. The highest BCUT2D eigenvalue weighted by Crippen LogP contribution is 2.32. The molecule has 0 radical (unpaired) electrons. The minimum atomic E-state index is 0.686. The molecule has 2 aromatic rings. The molecule has 94 valence electrons. The van der Waals surface area contributed by atoms with Gasteiger partial charge < -0.3 is 10.6 Å². The van der Waals surface area contributed by atoms with Gasteiger partial charge in [0.05, 0.1) is 16.4 Å². The summed E-state index contributed by atoms with van der Waals surface area (Å²) in [4.78, 5) is 2.08. The maximum atomic E-state index is 6.21. The highest BCUT2D eigenvalue weighted by Gasteiger charge is 2.10. The predicted molar refractivity (Wildman–Crippen MR) is 79.2 cm³/mol. The lowest BCUT2D eigenvalue weighted by Crippen LogP contribution is -2.18. The lowest BCUT2D eigenvalue weighted by atomic mass is 10.1. The minimum absolute atomic E-state index is 0.686. The molecule has 3 heteroatoms. The Kier molecular flexibility index (Phi) is 3.78. The summed E-state index contributed by atoms with van der Waals surface area (Å²) in [7, 11) is 2.00. The SMILES string of the molecule is Cc1ccccc1CN(C)c1c(N)cccc1Cl. The summed E-state index contributed by atoms with van der Waals surface area (Å²) in [5.74, 6) is 0. The van der Waals surface area contributed by atoms with Crippen LogP contribution in [0.3, 0.4) is 0 Å². The lowest BCUT2D eigenvalue weighted by Gasteiger charge is -2.23. The van der Waals surface area contributed by atoms with Gasteiger partial charge in [-0.25, -0.2) is 0 Å². The first-order valence-corrected chi connectivity index (χ1v) is 6.27. The number of hydrogen-bond donors (Lipinski definition) is 1.